The number of nitrogens with zero attached hydrogens (tertiary/aromatic N) is 2. The van der Waals surface area contributed by atoms with E-state index in [1.54, 1.807) is 12.1 Å². The Balaban J connectivity index is 1.69. The first-order valence-electron chi connectivity index (χ1n) is 10.2. The van der Waals surface area contributed by atoms with Crippen LogP contribution in [0.5, 0.6) is 5.75 Å². The van der Waals surface area contributed by atoms with Crippen LogP contribution >= 0.6 is 0 Å². The van der Waals surface area contributed by atoms with E-state index in [1.807, 2.05) is 31.2 Å². The lowest BCUT2D eigenvalue weighted by Gasteiger charge is -2.16. The third-order valence-electron chi connectivity index (χ3n) is 5.19. The van der Waals surface area contributed by atoms with Gasteiger partial charge in [0.25, 0.3) is 0 Å². The van der Waals surface area contributed by atoms with Gasteiger partial charge in [-0.3, -0.25) is 0 Å². The summed E-state index contributed by atoms with van der Waals surface area (Å²) in [6.45, 7) is 1.99. The number of hydrogen-bond donors (Lipinski definition) is 2. The van der Waals surface area contributed by atoms with Crippen LogP contribution in [0.15, 0.2) is 54.6 Å². The van der Waals surface area contributed by atoms with E-state index in [1.165, 1.54) is 18.2 Å². The van der Waals surface area contributed by atoms with E-state index in [0.29, 0.717) is 29.1 Å². The molecule has 1 heterocycles. The first-order valence-corrected chi connectivity index (χ1v) is 10.2. The van der Waals surface area contributed by atoms with Gasteiger partial charge in [-0.05, 0) is 43.5 Å². The summed E-state index contributed by atoms with van der Waals surface area (Å²) in [5, 5.41) is 6.67. The highest BCUT2D eigenvalue weighted by Crippen LogP contribution is 2.30. The number of ether oxygens (including phenoxy) is 1. The van der Waals surface area contributed by atoms with Crippen molar-refractivity contribution < 1.29 is 17.9 Å². The van der Waals surface area contributed by atoms with Crippen LogP contribution in [0.2, 0.25) is 0 Å². The Kier molecular flexibility index (Phi) is 5.97. The molecule has 2 N–H and O–H groups in total. The Morgan fingerprint density at radius 1 is 0.968 bits per heavy atom. The predicted molar refractivity (Wildman–Crippen MR) is 114 cm³/mol. The molecule has 0 aliphatic heterocycles. The first kappa shape index (κ1) is 21.0. The molecule has 1 aliphatic carbocycles. The summed E-state index contributed by atoms with van der Waals surface area (Å²) in [4.78, 5) is 9.17. The van der Waals surface area contributed by atoms with Gasteiger partial charge in [-0.25, -0.2) is 4.98 Å². The quantitative estimate of drug-likeness (QED) is 0.473. The smallest absolute Gasteiger partial charge is 0.406 e. The third-order valence-corrected chi connectivity index (χ3v) is 5.19. The van der Waals surface area contributed by atoms with Gasteiger partial charge in [-0.1, -0.05) is 43.2 Å². The molecule has 0 unspecified atom stereocenters. The van der Waals surface area contributed by atoms with Gasteiger partial charge in [-0.2, -0.15) is 4.98 Å². The van der Waals surface area contributed by atoms with Crippen LogP contribution in [0.1, 0.15) is 31.2 Å². The second-order valence-corrected chi connectivity index (χ2v) is 7.60. The number of benzene rings is 2. The van der Waals surface area contributed by atoms with Gasteiger partial charge in [0.2, 0.25) is 5.95 Å². The molecule has 1 aliphatic rings. The van der Waals surface area contributed by atoms with Gasteiger partial charge in [-0.15, -0.1) is 13.2 Å². The van der Waals surface area contributed by atoms with Crippen molar-refractivity contribution >= 4 is 17.5 Å². The van der Waals surface area contributed by atoms with E-state index >= 15 is 0 Å². The molecule has 4 rings (SSSR count). The van der Waals surface area contributed by atoms with Crippen molar-refractivity contribution in [2.24, 2.45) is 0 Å². The minimum atomic E-state index is -4.75. The number of aromatic nitrogens is 2. The van der Waals surface area contributed by atoms with Gasteiger partial charge < -0.3 is 15.4 Å². The van der Waals surface area contributed by atoms with Crippen LogP contribution in [0.4, 0.5) is 30.6 Å². The highest BCUT2D eigenvalue weighted by atomic mass is 19.4. The largest absolute Gasteiger partial charge is 0.573 e. The van der Waals surface area contributed by atoms with Gasteiger partial charge in [0.1, 0.15) is 11.6 Å². The van der Waals surface area contributed by atoms with Gasteiger partial charge in [0.15, 0.2) is 0 Å². The number of rotatable bonds is 6. The molecular formula is C23H23F3N4O. The molecule has 0 bridgehead atoms. The number of halogens is 3. The second kappa shape index (κ2) is 8.83. The Labute approximate surface area is 178 Å². The lowest BCUT2D eigenvalue weighted by molar-refractivity contribution is -0.274. The fourth-order valence-corrected chi connectivity index (χ4v) is 3.68. The van der Waals surface area contributed by atoms with Crippen molar-refractivity contribution in [2.45, 2.75) is 45.0 Å². The fourth-order valence-electron chi connectivity index (χ4n) is 3.68. The average molecular weight is 428 g/mol. The van der Waals surface area contributed by atoms with E-state index < -0.39 is 6.36 Å². The topological polar surface area (TPSA) is 59.1 Å². The Bertz CT molecular complexity index is 1050. The molecule has 0 saturated heterocycles. The van der Waals surface area contributed by atoms with Crippen LogP contribution in [0, 0.1) is 6.92 Å². The predicted octanol–water partition coefficient (Wildman–Crippen LogP) is 6.45. The molecule has 3 aromatic rings. The summed E-state index contributed by atoms with van der Waals surface area (Å²) in [6, 6.07) is 15.6. The molecule has 1 saturated carbocycles. The highest BCUT2D eigenvalue weighted by molar-refractivity contribution is 5.69. The highest BCUT2D eigenvalue weighted by Gasteiger charge is 2.31. The molecule has 1 fully saturated rings. The molecule has 1 aromatic heterocycles. The van der Waals surface area contributed by atoms with Crippen molar-refractivity contribution in [1.82, 2.24) is 9.97 Å². The minimum absolute atomic E-state index is 0.290. The zero-order chi connectivity index (χ0) is 21.8. The van der Waals surface area contributed by atoms with E-state index in [-0.39, 0.29) is 5.75 Å². The average Bonchev–Trinajstić information content (AvgIpc) is 3.21. The van der Waals surface area contributed by atoms with Crippen molar-refractivity contribution in [3.05, 3.63) is 60.2 Å². The molecule has 162 valence electrons. The number of hydrogen-bond acceptors (Lipinski definition) is 5. The first-order chi connectivity index (χ1) is 14.9. The lowest BCUT2D eigenvalue weighted by atomic mass is 10.1. The summed E-state index contributed by atoms with van der Waals surface area (Å²) in [5.74, 6) is 0.715. The number of para-hydroxylation sites is 1. The summed E-state index contributed by atoms with van der Waals surface area (Å²) >= 11 is 0. The van der Waals surface area contributed by atoms with Crippen molar-refractivity contribution in [3.8, 4) is 17.0 Å². The lowest BCUT2D eigenvalue weighted by Crippen LogP contribution is -2.17. The summed E-state index contributed by atoms with van der Waals surface area (Å²) < 4.78 is 42.0. The Morgan fingerprint density at radius 2 is 1.74 bits per heavy atom. The zero-order valence-corrected chi connectivity index (χ0v) is 17.0. The number of aryl methyl sites for hydroxylation is 1. The summed E-state index contributed by atoms with van der Waals surface area (Å²) in [6.07, 6.45) is -0.353. The van der Waals surface area contributed by atoms with Crippen molar-refractivity contribution in [1.29, 1.82) is 0 Å². The van der Waals surface area contributed by atoms with Crippen LogP contribution in [-0.2, 0) is 0 Å². The monoisotopic (exact) mass is 428 g/mol. The Hall–Kier alpha value is -3.29. The van der Waals surface area contributed by atoms with Crippen LogP contribution < -0.4 is 15.4 Å². The zero-order valence-electron chi connectivity index (χ0n) is 17.0. The normalized spacial score (nSPS) is 14.5. The Morgan fingerprint density at radius 3 is 2.48 bits per heavy atom. The number of anilines is 3. The molecule has 0 radical (unpaired) electrons. The third kappa shape index (κ3) is 5.65. The standard InChI is InChI=1S/C23H23F3N4O/c1-15-7-2-5-12-19(15)28-21-14-20(29-22(30-21)27-17-9-3-4-10-17)16-8-6-11-18(13-16)31-23(24,25)26/h2,5-8,11-14,17H,3-4,9-10H2,1H3,(H2,27,28,29,30). The van der Waals surface area contributed by atoms with Crippen LogP contribution in [0.3, 0.4) is 0 Å². The van der Waals surface area contributed by atoms with Gasteiger partial charge >= 0.3 is 6.36 Å². The summed E-state index contributed by atoms with van der Waals surface area (Å²) in [7, 11) is 0. The summed E-state index contributed by atoms with van der Waals surface area (Å²) in [5.41, 5.74) is 2.95. The molecular weight excluding hydrogens is 405 g/mol. The number of alkyl halides is 3. The van der Waals surface area contributed by atoms with E-state index in [9.17, 15) is 13.2 Å². The molecule has 2 aromatic carbocycles. The molecule has 5 nitrogen and oxygen atoms in total. The maximum atomic E-state index is 12.6. The van der Waals surface area contributed by atoms with Crippen molar-refractivity contribution in [3.63, 3.8) is 0 Å². The molecule has 0 spiro atoms. The maximum absolute atomic E-state index is 12.6. The molecule has 0 atom stereocenters. The second-order valence-electron chi connectivity index (χ2n) is 7.60. The molecule has 0 amide bonds. The fraction of sp³-hybridized carbons (Fsp3) is 0.304. The van der Waals surface area contributed by atoms with E-state index in [0.717, 1.165) is 36.9 Å². The van der Waals surface area contributed by atoms with E-state index in [2.05, 4.69) is 25.3 Å². The van der Waals surface area contributed by atoms with Crippen molar-refractivity contribution in [2.75, 3.05) is 10.6 Å². The minimum Gasteiger partial charge on any atom is -0.406 e. The molecule has 31 heavy (non-hydrogen) atoms. The molecule has 8 heteroatoms. The maximum Gasteiger partial charge on any atom is 0.573 e. The van der Waals surface area contributed by atoms with Gasteiger partial charge in [0, 0.05) is 23.4 Å². The van der Waals surface area contributed by atoms with Gasteiger partial charge in [0.05, 0.1) is 5.69 Å². The van der Waals surface area contributed by atoms with Crippen LogP contribution in [0.25, 0.3) is 11.3 Å². The number of nitrogens with one attached hydrogen (secondary N) is 2. The SMILES string of the molecule is Cc1ccccc1Nc1cc(-c2cccc(OC(F)(F)F)c2)nc(NC2CCCC2)n1. The van der Waals surface area contributed by atoms with Crippen LogP contribution in [-0.4, -0.2) is 22.4 Å². The van der Waals surface area contributed by atoms with E-state index in [4.69, 9.17) is 0 Å².